The van der Waals surface area contributed by atoms with Crippen molar-refractivity contribution >= 4 is 5.91 Å². The molecule has 3 rings (SSSR count). The quantitative estimate of drug-likeness (QED) is 0.842. The molecule has 0 radical (unpaired) electrons. The van der Waals surface area contributed by atoms with E-state index in [4.69, 9.17) is 0 Å². The van der Waals surface area contributed by atoms with Crippen molar-refractivity contribution < 1.29 is 22.5 Å². The summed E-state index contributed by atoms with van der Waals surface area (Å²) in [7, 11) is 0. The minimum Gasteiger partial charge on any atom is -0.329 e. The lowest BCUT2D eigenvalue weighted by Gasteiger charge is -2.38. The molecule has 1 atom stereocenters. The highest BCUT2D eigenvalue weighted by molar-refractivity contribution is 5.79. The summed E-state index contributed by atoms with van der Waals surface area (Å²) in [5.41, 5.74) is -0.260. The Labute approximate surface area is 124 Å². The van der Waals surface area contributed by atoms with Crippen molar-refractivity contribution in [2.24, 2.45) is 0 Å². The number of hydrogen-bond acceptors (Lipinski definition) is 4. The van der Waals surface area contributed by atoms with Crippen molar-refractivity contribution in [1.29, 1.82) is 0 Å². The Hall–Kier alpha value is -2.12. The molecule has 0 N–H and O–H groups in total. The zero-order chi connectivity index (χ0) is 16.0. The fourth-order valence-corrected chi connectivity index (χ4v) is 2.96. The molecule has 0 aromatic carbocycles. The molecule has 22 heavy (non-hydrogen) atoms. The number of allylic oxidation sites excluding steroid dienone is 2. The van der Waals surface area contributed by atoms with Crippen molar-refractivity contribution in [3.63, 3.8) is 0 Å². The van der Waals surface area contributed by atoms with Crippen LogP contribution in [0.3, 0.4) is 0 Å². The molecule has 8 heteroatoms. The van der Waals surface area contributed by atoms with Crippen LogP contribution in [0, 0.1) is 0 Å². The van der Waals surface area contributed by atoms with E-state index in [1.807, 2.05) is 19.1 Å². The molecular formula is C14H14F3N3O2. The second-order valence-electron chi connectivity index (χ2n) is 5.49. The van der Waals surface area contributed by atoms with Crippen LogP contribution >= 0.6 is 0 Å². The Bertz CT molecular complexity index is 663. The van der Waals surface area contributed by atoms with Gasteiger partial charge in [0.25, 0.3) is 0 Å². The van der Waals surface area contributed by atoms with Crippen LogP contribution in [0.25, 0.3) is 0 Å². The number of carbonyl (C=O) groups is 1. The van der Waals surface area contributed by atoms with Gasteiger partial charge >= 0.3 is 12.1 Å². The molecule has 0 spiro atoms. The third-order valence-electron chi connectivity index (χ3n) is 3.89. The van der Waals surface area contributed by atoms with Gasteiger partial charge in [0.1, 0.15) is 5.54 Å². The number of nitrogens with zero attached hydrogens (tertiary/aromatic N) is 3. The first kappa shape index (κ1) is 14.8. The lowest BCUT2D eigenvalue weighted by Crippen LogP contribution is -2.47. The van der Waals surface area contributed by atoms with Crippen LogP contribution in [0.15, 0.2) is 28.3 Å². The maximum atomic E-state index is 12.7. The first-order chi connectivity index (χ1) is 10.3. The number of likely N-dealkylation sites (tertiary alicyclic amines) is 1. The molecule has 1 aliphatic carbocycles. The van der Waals surface area contributed by atoms with Gasteiger partial charge in [0.2, 0.25) is 11.7 Å². The first-order valence-corrected chi connectivity index (χ1v) is 6.91. The Morgan fingerprint density at radius 3 is 2.73 bits per heavy atom. The van der Waals surface area contributed by atoms with Gasteiger partial charge in [0, 0.05) is 19.4 Å². The van der Waals surface area contributed by atoms with E-state index in [9.17, 15) is 18.0 Å². The molecule has 5 nitrogen and oxygen atoms in total. The van der Waals surface area contributed by atoms with Gasteiger partial charge in [-0.15, -0.1) is 0 Å². The van der Waals surface area contributed by atoms with Gasteiger partial charge in [-0.3, -0.25) is 4.79 Å². The smallest absolute Gasteiger partial charge is 0.329 e. The van der Waals surface area contributed by atoms with Crippen LogP contribution in [0.4, 0.5) is 13.2 Å². The predicted octanol–water partition coefficient (Wildman–Crippen LogP) is 2.81. The highest BCUT2D eigenvalue weighted by atomic mass is 19.4. The molecule has 2 aliphatic rings. The lowest BCUT2D eigenvalue weighted by atomic mass is 9.86. The van der Waals surface area contributed by atoms with Gasteiger partial charge in [0.15, 0.2) is 0 Å². The molecule has 2 heterocycles. The van der Waals surface area contributed by atoms with Crippen molar-refractivity contribution in [3.05, 3.63) is 35.5 Å². The molecule has 1 fully saturated rings. The maximum absolute atomic E-state index is 12.7. The highest BCUT2D eigenvalue weighted by Crippen LogP contribution is 2.40. The molecule has 1 aliphatic heterocycles. The lowest BCUT2D eigenvalue weighted by molar-refractivity contribution is -0.159. The van der Waals surface area contributed by atoms with Crippen molar-refractivity contribution in [2.45, 2.75) is 37.9 Å². The van der Waals surface area contributed by atoms with Crippen LogP contribution in [-0.4, -0.2) is 27.5 Å². The second kappa shape index (κ2) is 4.96. The van der Waals surface area contributed by atoms with Gasteiger partial charge < -0.3 is 9.42 Å². The molecule has 1 amide bonds. The molecule has 0 bridgehead atoms. The SMILES string of the molecule is CC1=CC(c2noc(C(F)(F)F)n2)(N2CCCC2=O)CC=C1. The number of amides is 1. The fourth-order valence-electron chi connectivity index (χ4n) is 2.96. The number of carbonyl (C=O) groups excluding carboxylic acids is 1. The van der Waals surface area contributed by atoms with E-state index in [-0.39, 0.29) is 11.7 Å². The largest absolute Gasteiger partial charge is 0.471 e. The molecule has 1 unspecified atom stereocenters. The van der Waals surface area contributed by atoms with Gasteiger partial charge in [0.05, 0.1) is 0 Å². The number of aromatic nitrogens is 2. The third-order valence-corrected chi connectivity index (χ3v) is 3.89. The third kappa shape index (κ3) is 2.32. The number of rotatable bonds is 2. The Morgan fingerprint density at radius 2 is 2.18 bits per heavy atom. The first-order valence-electron chi connectivity index (χ1n) is 6.91. The molecule has 118 valence electrons. The van der Waals surface area contributed by atoms with Crippen LogP contribution in [0.5, 0.6) is 0 Å². The van der Waals surface area contributed by atoms with E-state index in [0.29, 0.717) is 25.8 Å². The average molecular weight is 313 g/mol. The summed E-state index contributed by atoms with van der Waals surface area (Å²) >= 11 is 0. The zero-order valence-electron chi connectivity index (χ0n) is 11.9. The maximum Gasteiger partial charge on any atom is 0.471 e. The zero-order valence-corrected chi connectivity index (χ0v) is 11.9. The minimum atomic E-state index is -4.70. The summed E-state index contributed by atoms with van der Waals surface area (Å²) in [5, 5.41) is 3.51. The minimum absolute atomic E-state index is 0.113. The topological polar surface area (TPSA) is 59.2 Å². The van der Waals surface area contributed by atoms with Crippen LogP contribution in [0.2, 0.25) is 0 Å². The van der Waals surface area contributed by atoms with E-state index >= 15 is 0 Å². The van der Waals surface area contributed by atoms with Crippen molar-refractivity contribution in [3.8, 4) is 0 Å². The van der Waals surface area contributed by atoms with E-state index in [2.05, 4.69) is 14.7 Å². The Morgan fingerprint density at radius 1 is 1.41 bits per heavy atom. The number of halogens is 3. The van der Waals surface area contributed by atoms with Crippen LogP contribution in [-0.2, 0) is 16.5 Å². The van der Waals surface area contributed by atoms with E-state index in [1.54, 1.807) is 11.0 Å². The summed E-state index contributed by atoms with van der Waals surface area (Å²) in [6.07, 6.45) is 2.07. The van der Waals surface area contributed by atoms with E-state index in [0.717, 1.165) is 5.57 Å². The molecule has 1 saturated heterocycles. The fraction of sp³-hybridized carbons (Fsp3) is 0.500. The van der Waals surface area contributed by atoms with Crippen LogP contribution in [0.1, 0.15) is 37.9 Å². The summed E-state index contributed by atoms with van der Waals surface area (Å²) < 4.78 is 42.5. The second-order valence-corrected chi connectivity index (χ2v) is 5.49. The summed E-state index contributed by atoms with van der Waals surface area (Å²) in [4.78, 5) is 17.2. The van der Waals surface area contributed by atoms with Gasteiger partial charge in [-0.05, 0) is 19.4 Å². The van der Waals surface area contributed by atoms with Gasteiger partial charge in [-0.25, -0.2) is 0 Å². The van der Waals surface area contributed by atoms with E-state index < -0.39 is 17.6 Å². The molecule has 1 aromatic heterocycles. The molecule has 0 saturated carbocycles. The van der Waals surface area contributed by atoms with Crippen molar-refractivity contribution in [1.82, 2.24) is 15.0 Å². The standard InChI is InChI=1S/C14H14F3N3O2/c1-9-4-2-6-13(8-9,20-7-3-5-10(20)21)11-18-12(22-19-11)14(15,16)17/h2,4,8H,3,5-7H2,1H3. The number of alkyl halides is 3. The predicted molar refractivity (Wildman–Crippen MR) is 69.4 cm³/mol. The van der Waals surface area contributed by atoms with Crippen molar-refractivity contribution in [2.75, 3.05) is 6.54 Å². The monoisotopic (exact) mass is 313 g/mol. The molecule has 1 aromatic rings. The van der Waals surface area contributed by atoms with Gasteiger partial charge in [-0.2, -0.15) is 18.2 Å². The molecular weight excluding hydrogens is 299 g/mol. The van der Waals surface area contributed by atoms with E-state index in [1.165, 1.54) is 0 Å². The summed E-state index contributed by atoms with van der Waals surface area (Å²) in [6.45, 7) is 2.28. The summed E-state index contributed by atoms with van der Waals surface area (Å²) in [5.74, 6) is -1.63. The Kier molecular flexibility index (Phi) is 3.34. The Balaban J connectivity index is 2.09. The number of hydrogen-bond donors (Lipinski definition) is 0. The normalized spacial score (nSPS) is 25.7. The average Bonchev–Trinajstić information content (AvgIpc) is 3.06. The van der Waals surface area contributed by atoms with Crippen LogP contribution < -0.4 is 0 Å². The summed E-state index contributed by atoms with van der Waals surface area (Å²) in [6, 6.07) is 0. The van der Waals surface area contributed by atoms with Gasteiger partial charge in [-0.1, -0.05) is 22.9 Å². The highest BCUT2D eigenvalue weighted by Gasteiger charge is 2.47.